The van der Waals surface area contributed by atoms with Gasteiger partial charge in [-0.3, -0.25) is 0 Å². The highest BCUT2D eigenvalue weighted by Crippen LogP contribution is 2.40. The van der Waals surface area contributed by atoms with Crippen molar-refractivity contribution in [3.8, 4) is 5.75 Å². The Morgan fingerprint density at radius 3 is 2.82 bits per heavy atom. The number of ether oxygens (including phenoxy) is 1. The standard InChI is InChI=1S/C14H15Cl2N3O3/c1-3-22-13(21)10-6(2)18-14(17)19-11(10)8-4-7(15)5-9(16)12(8)20/h4-5,11,20H,3H2,1-2H3,(H3,17,18,19). The second kappa shape index (κ2) is 6.46. The molecule has 118 valence electrons. The average Bonchev–Trinajstić information content (AvgIpc) is 2.42. The Labute approximate surface area is 137 Å². The predicted octanol–water partition coefficient (Wildman–Crippen LogP) is 2.50. The Bertz CT molecular complexity index is 686. The SMILES string of the molecule is CCOC(=O)C1=C(C)NC(N)=NC1c1cc(Cl)cc(Cl)c1O. The fraction of sp³-hybridized carbons (Fsp3) is 0.286. The van der Waals surface area contributed by atoms with Crippen LogP contribution in [0.1, 0.15) is 25.5 Å². The van der Waals surface area contributed by atoms with Gasteiger partial charge < -0.3 is 20.9 Å². The zero-order valence-electron chi connectivity index (χ0n) is 12.0. The van der Waals surface area contributed by atoms with Gasteiger partial charge in [-0.15, -0.1) is 0 Å². The van der Waals surface area contributed by atoms with E-state index in [1.54, 1.807) is 13.8 Å². The molecule has 1 aliphatic heterocycles. The van der Waals surface area contributed by atoms with Crippen molar-refractivity contribution in [1.82, 2.24) is 5.32 Å². The van der Waals surface area contributed by atoms with Gasteiger partial charge >= 0.3 is 5.97 Å². The second-order valence-corrected chi connectivity index (χ2v) is 5.47. The molecule has 0 aliphatic carbocycles. The van der Waals surface area contributed by atoms with E-state index in [4.69, 9.17) is 33.7 Å². The smallest absolute Gasteiger partial charge is 0.338 e. The van der Waals surface area contributed by atoms with E-state index >= 15 is 0 Å². The van der Waals surface area contributed by atoms with E-state index < -0.39 is 12.0 Å². The first kappa shape index (κ1) is 16.5. The highest BCUT2D eigenvalue weighted by Gasteiger charge is 2.32. The van der Waals surface area contributed by atoms with E-state index in [1.807, 2.05) is 0 Å². The summed E-state index contributed by atoms with van der Waals surface area (Å²) in [5, 5.41) is 13.3. The predicted molar refractivity (Wildman–Crippen MR) is 85.0 cm³/mol. The molecule has 0 bridgehead atoms. The summed E-state index contributed by atoms with van der Waals surface area (Å²) in [6.45, 7) is 3.58. The van der Waals surface area contributed by atoms with Crippen molar-refractivity contribution < 1.29 is 14.6 Å². The number of allylic oxidation sites excluding steroid dienone is 1. The molecular weight excluding hydrogens is 329 g/mol. The summed E-state index contributed by atoms with van der Waals surface area (Å²) in [7, 11) is 0. The lowest BCUT2D eigenvalue weighted by atomic mass is 9.95. The maximum atomic E-state index is 12.2. The number of benzene rings is 1. The number of aromatic hydroxyl groups is 1. The molecule has 1 aromatic carbocycles. The Morgan fingerprint density at radius 2 is 2.18 bits per heavy atom. The summed E-state index contributed by atoms with van der Waals surface area (Å²) in [5.74, 6) is -0.639. The third-order valence-corrected chi connectivity index (χ3v) is 3.62. The van der Waals surface area contributed by atoms with Crippen LogP contribution in [-0.2, 0) is 9.53 Å². The number of phenols is 1. The molecule has 22 heavy (non-hydrogen) atoms. The second-order valence-electron chi connectivity index (χ2n) is 4.63. The number of nitrogens with one attached hydrogen (secondary N) is 1. The summed E-state index contributed by atoms with van der Waals surface area (Å²) in [4.78, 5) is 16.4. The lowest BCUT2D eigenvalue weighted by Gasteiger charge is -2.25. The number of hydrogen-bond acceptors (Lipinski definition) is 6. The molecular formula is C14H15Cl2N3O3. The van der Waals surface area contributed by atoms with Crippen LogP contribution in [0.4, 0.5) is 0 Å². The molecule has 8 heteroatoms. The van der Waals surface area contributed by atoms with Gasteiger partial charge in [0, 0.05) is 16.3 Å². The normalized spacial score (nSPS) is 17.8. The van der Waals surface area contributed by atoms with Crippen LogP contribution in [0.2, 0.25) is 10.0 Å². The van der Waals surface area contributed by atoms with Crippen molar-refractivity contribution in [2.45, 2.75) is 19.9 Å². The third-order valence-electron chi connectivity index (χ3n) is 3.11. The fourth-order valence-electron chi connectivity index (χ4n) is 2.19. The third kappa shape index (κ3) is 3.13. The maximum Gasteiger partial charge on any atom is 0.338 e. The van der Waals surface area contributed by atoms with E-state index in [0.29, 0.717) is 10.7 Å². The van der Waals surface area contributed by atoms with Gasteiger partial charge in [0.2, 0.25) is 0 Å². The van der Waals surface area contributed by atoms with Crippen LogP contribution in [-0.4, -0.2) is 23.6 Å². The molecule has 0 saturated carbocycles. The average molecular weight is 344 g/mol. The van der Waals surface area contributed by atoms with Crippen molar-refractivity contribution >= 4 is 35.1 Å². The molecule has 1 aliphatic rings. The number of carbonyl (C=O) groups excluding carboxylic acids is 1. The summed E-state index contributed by atoms with van der Waals surface area (Å²) in [6, 6.07) is 2.04. The molecule has 0 fully saturated rings. The lowest BCUT2D eigenvalue weighted by Crippen LogP contribution is -2.37. The largest absolute Gasteiger partial charge is 0.506 e. The number of hydrogen-bond donors (Lipinski definition) is 3. The van der Waals surface area contributed by atoms with Gasteiger partial charge in [0.25, 0.3) is 0 Å². The number of nitrogens with zero attached hydrogens (tertiary/aromatic N) is 1. The minimum absolute atomic E-state index is 0.0654. The van der Waals surface area contributed by atoms with Crippen molar-refractivity contribution in [3.05, 3.63) is 39.0 Å². The number of carbonyl (C=O) groups is 1. The molecule has 0 radical (unpaired) electrons. The molecule has 0 aromatic heterocycles. The van der Waals surface area contributed by atoms with Crippen LogP contribution in [0.15, 0.2) is 28.4 Å². The monoisotopic (exact) mass is 343 g/mol. The summed E-state index contributed by atoms with van der Waals surface area (Å²) in [6.07, 6.45) is 0. The minimum atomic E-state index is -0.850. The van der Waals surface area contributed by atoms with Crippen molar-refractivity contribution in [2.24, 2.45) is 10.7 Å². The quantitative estimate of drug-likeness (QED) is 0.732. The molecule has 1 unspecified atom stereocenters. The molecule has 1 atom stereocenters. The zero-order chi connectivity index (χ0) is 16.4. The molecule has 6 nitrogen and oxygen atoms in total. The highest BCUT2D eigenvalue weighted by molar-refractivity contribution is 6.35. The van der Waals surface area contributed by atoms with Gasteiger partial charge in [0.1, 0.15) is 11.8 Å². The molecule has 2 rings (SSSR count). The molecule has 4 N–H and O–H groups in total. The van der Waals surface area contributed by atoms with Gasteiger partial charge in [-0.25, -0.2) is 9.79 Å². The first-order valence-corrected chi connectivity index (χ1v) is 7.26. The van der Waals surface area contributed by atoms with Crippen molar-refractivity contribution in [1.29, 1.82) is 0 Å². The summed E-state index contributed by atoms with van der Waals surface area (Å²) >= 11 is 11.9. The van der Waals surface area contributed by atoms with Gasteiger partial charge in [-0.1, -0.05) is 23.2 Å². The van der Waals surface area contributed by atoms with Gasteiger partial charge in [0.15, 0.2) is 5.96 Å². The number of halogens is 2. The Hall–Kier alpha value is -1.92. The molecule has 0 amide bonds. The Kier molecular flexibility index (Phi) is 4.83. The fourth-order valence-corrected chi connectivity index (χ4v) is 2.70. The van der Waals surface area contributed by atoms with Crippen molar-refractivity contribution in [2.75, 3.05) is 6.61 Å². The Balaban J connectivity index is 2.59. The number of phenolic OH excluding ortho intramolecular Hbond substituents is 1. The van der Waals surface area contributed by atoms with Gasteiger partial charge in [-0.2, -0.15) is 0 Å². The van der Waals surface area contributed by atoms with Crippen LogP contribution in [0.25, 0.3) is 0 Å². The van der Waals surface area contributed by atoms with Crippen molar-refractivity contribution in [3.63, 3.8) is 0 Å². The van der Waals surface area contributed by atoms with E-state index in [2.05, 4.69) is 10.3 Å². The topological polar surface area (TPSA) is 96.9 Å². The van der Waals surface area contributed by atoms with E-state index in [9.17, 15) is 9.90 Å². The minimum Gasteiger partial charge on any atom is -0.506 e. The molecule has 0 spiro atoms. The van der Waals surface area contributed by atoms with Gasteiger partial charge in [-0.05, 0) is 26.0 Å². The van der Waals surface area contributed by atoms with E-state index in [-0.39, 0.29) is 34.5 Å². The van der Waals surface area contributed by atoms with Crippen LogP contribution in [0, 0.1) is 0 Å². The summed E-state index contributed by atoms with van der Waals surface area (Å²) in [5.41, 5.74) is 6.73. The number of rotatable bonds is 3. The van der Waals surface area contributed by atoms with E-state index in [1.165, 1.54) is 12.1 Å². The number of esters is 1. The first-order valence-electron chi connectivity index (χ1n) is 6.51. The first-order chi connectivity index (χ1) is 10.3. The number of aliphatic imine (C=N–C) groups is 1. The lowest BCUT2D eigenvalue weighted by molar-refractivity contribution is -0.138. The molecule has 1 aromatic rings. The van der Waals surface area contributed by atoms with Crippen LogP contribution in [0.5, 0.6) is 5.75 Å². The Morgan fingerprint density at radius 1 is 1.50 bits per heavy atom. The molecule has 1 heterocycles. The van der Waals surface area contributed by atoms with Gasteiger partial charge in [0.05, 0.1) is 17.2 Å². The highest BCUT2D eigenvalue weighted by atomic mass is 35.5. The number of nitrogens with two attached hydrogens (primary N) is 1. The maximum absolute atomic E-state index is 12.2. The van der Waals surface area contributed by atoms with Crippen LogP contribution in [0.3, 0.4) is 0 Å². The van der Waals surface area contributed by atoms with Crippen LogP contribution < -0.4 is 11.1 Å². The zero-order valence-corrected chi connectivity index (χ0v) is 13.5. The summed E-state index contributed by atoms with van der Waals surface area (Å²) < 4.78 is 5.04. The number of guanidine groups is 1. The van der Waals surface area contributed by atoms with Crippen LogP contribution >= 0.6 is 23.2 Å². The van der Waals surface area contributed by atoms with E-state index in [0.717, 1.165) is 0 Å². The molecule has 0 saturated heterocycles.